The molecule has 0 radical (unpaired) electrons. The van der Waals surface area contributed by atoms with Crippen LogP contribution in [0.15, 0.2) is 38.0 Å². The Labute approximate surface area is 128 Å². The predicted octanol–water partition coefficient (Wildman–Crippen LogP) is 4.76. The third kappa shape index (κ3) is 3.41. The zero-order valence-electron chi connectivity index (χ0n) is 9.99. The number of nitrogens with one attached hydrogen (secondary N) is 1. The molecule has 2 nitrogen and oxygen atoms in total. The van der Waals surface area contributed by atoms with Gasteiger partial charge in [0.05, 0.1) is 11.7 Å². The average Bonchev–Trinajstić information content (AvgIpc) is 2.78. The Kier molecular flexibility index (Phi) is 5.36. The van der Waals surface area contributed by atoms with Gasteiger partial charge in [0, 0.05) is 20.5 Å². The van der Waals surface area contributed by atoms with E-state index in [9.17, 15) is 0 Å². The summed E-state index contributed by atoms with van der Waals surface area (Å²) in [5, 5.41) is 7.82. The minimum Gasteiger partial charge on any atom is -0.305 e. The number of nitrogens with zero attached hydrogens (tertiary/aromatic N) is 1. The molecule has 0 amide bonds. The molecule has 1 atom stereocenters. The van der Waals surface area contributed by atoms with E-state index in [2.05, 4.69) is 65.9 Å². The Morgan fingerprint density at radius 2 is 2.17 bits per heavy atom. The zero-order chi connectivity index (χ0) is 13.0. The summed E-state index contributed by atoms with van der Waals surface area (Å²) in [5.74, 6) is 0. The smallest absolute Gasteiger partial charge is 0.0770 e. The standard InChI is InChI=1S/C13H14Br2N2S/c1-2-5-16-13(10-7-18-8-11(10)15)12-4-3-9(14)6-17-12/h3-4,6-8,13,16H,2,5H2,1H3. The van der Waals surface area contributed by atoms with Crippen molar-refractivity contribution < 1.29 is 0 Å². The van der Waals surface area contributed by atoms with Gasteiger partial charge in [-0.05, 0) is 67.9 Å². The summed E-state index contributed by atoms with van der Waals surface area (Å²) in [6, 6.07) is 4.24. The molecule has 0 aliphatic heterocycles. The summed E-state index contributed by atoms with van der Waals surface area (Å²) in [6.07, 6.45) is 2.95. The second-order valence-electron chi connectivity index (χ2n) is 3.96. The van der Waals surface area contributed by atoms with Crippen molar-refractivity contribution in [1.29, 1.82) is 0 Å². The van der Waals surface area contributed by atoms with Gasteiger partial charge < -0.3 is 5.32 Å². The van der Waals surface area contributed by atoms with E-state index in [1.54, 1.807) is 11.3 Å². The van der Waals surface area contributed by atoms with E-state index in [1.165, 1.54) is 5.56 Å². The quantitative estimate of drug-likeness (QED) is 0.797. The van der Waals surface area contributed by atoms with Crippen molar-refractivity contribution in [1.82, 2.24) is 10.3 Å². The summed E-state index contributed by atoms with van der Waals surface area (Å²) >= 11 is 8.73. The molecule has 0 aliphatic carbocycles. The van der Waals surface area contributed by atoms with Crippen LogP contribution in [0, 0.1) is 0 Å². The van der Waals surface area contributed by atoms with Gasteiger partial charge in [-0.2, -0.15) is 11.3 Å². The van der Waals surface area contributed by atoms with Crippen LogP contribution in [-0.2, 0) is 0 Å². The van der Waals surface area contributed by atoms with Gasteiger partial charge in [0.25, 0.3) is 0 Å². The molecule has 0 aliphatic rings. The highest BCUT2D eigenvalue weighted by Crippen LogP contribution is 2.31. The summed E-state index contributed by atoms with van der Waals surface area (Å²) < 4.78 is 2.15. The lowest BCUT2D eigenvalue weighted by Crippen LogP contribution is -2.23. The lowest BCUT2D eigenvalue weighted by atomic mass is 10.1. The molecule has 18 heavy (non-hydrogen) atoms. The summed E-state index contributed by atoms with van der Waals surface area (Å²) in [7, 11) is 0. The molecule has 0 aromatic carbocycles. The van der Waals surface area contributed by atoms with E-state index in [0.29, 0.717) is 0 Å². The Hall–Kier alpha value is -0.230. The molecule has 0 bridgehead atoms. The fourth-order valence-corrected chi connectivity index (χ4v) is 3.50. The van der Waals surface area contributed by atoms with Gasteiger partial charge in [-0.3, -0.25) is 4.98 Å². The monoisotopic (exact) mass is 388 g/mol. The SMILES string of the molecule is CCCNC(c1ccc(Br)cn1)c1cscc1Br. The molecule has 2 rings (SSSR count). The van der Waals surface area contributed by atoms with Gasteiger partial charge in [0.15, 0.2) is 0 Å². The van der Waals surface area contributed by atoms with Crippen LogP contribution in [0.25, 0.3) is 0 Å². The highest BCUT2D eigenvalue weighted by Gasteiger charge is 2.17. The highest BCUT2D eigenvalue weighted by atomic mass is 79.9. The summed E-state index contributed by atoms with van der Waals surface area (Å²) in [6.45, 7) is 3.15. The van der Waals surface area contributed by atoms with Gasteiger partial charge in [-0.25, -0.2) is 0 Å². The fraction of sp³-hybridized carbons (Fsp3) is 0.308. The first kappa shape index (κ1) is 14.2. The second kappa shape index (κ2) is 6.80. The van der Waals surface area contributed by atoms with E-state index < -0.39 is 0 Å². The molecule has 0 fully saturated rings. The van der Waals surface area contributed by atoms with Crippen molar-refractivity contribution in [2.24, 2.45) is 0 Å². The molecule has 2 aromatic rings. The van der Waals surface area contributed by atoms with E-state index >= 15 is 0 Å². The topological polar surface area (TPSA) is 24.9 Å². The van der Waals surface area contributed by atoms with Crippen LogP contribution in [0.5, 0.6) is 0 Å². The molecule has 5 heteroatoms. The fourth-order valence-electron chi connectivity index (χ4n) is 1.72. The van der Waals surface area contributed by atoms with Crippen LogP contribution in [0.3, 0.4) is 0 Å². The van der Waals surface area contributed by atoms with Crippen molar-refractivity contribution in [3.63, 3.8) is 0 Å². The maximum absolute atomic E-state index is 4.50. The van der Waals surface area contributed by atoms with E-state index in [1.807, 2.05) is 12.3 Å². The van der Waals surface area contributed by atoms with Crippen molar-refractivity contribution >= 4 is 43.2 Å². The minimum atomic E-state index is 0.152. The third-order valence-electron chi connectivity index (χ3n) is 2.60. The molecule has 0 spiro atoms. The number of pyridine rings is 1. The summed E-state index contributed by atoms with van der Waals surface area (Å²) in [5.41, 5.74) is 2.30. The number of thiophene rings is 1. The average molecular weight is 390 g/mol. The van der Waals surface area contributed by atoms with Crippen molar-refractivity contribution in [3.05, 3.63) is 49.3 Å². The number of aromatic nitrogens is 1. The van der Waals surface area contributed by atoms with Crippen LogP contribution in [0.4, 0.5) is 0 Å². The van der Waals surface area contributed by atoms with Crippen molar-refractivity contribution in [3.8, 4) is 0 Å². The van der Waals surface area contributed by atoms with Gasteiger partial charge in [0.2, 0.25) is 0 Å². The van der Waals surface area contributed by atoms with Crippen LogP contribution in [0.2, 0.25) is 0 Å². The summed E-state index contributed by atoms with van der Waals surface area (Å²) in [4.78, 5) is 4.50. The minimum absolute atomic E-state index is 0.152. The first-order valence-corrected chi connectivity index (χ1v) is 8.31. The Morgan fingerprint density at radius 3 is 2.72 bits per heavy atom. The van der Waals surface area contributed by atoms with Gasteiger partial charge in [-0.1, -0.05) is 6.92 Å². The van der Waals surface area contributed by atoms with Gasteiger partial charge in [-0.15, -0.1) is 0 Å². The molecule has 96 valence electrons. The van der Waals surface area contributed by atoms with E-state index in [4.69, 9.17) is 0 Å². The molecular weight excluding hydrogens is 376 g/mol. The Balaban J connectivity index is 2.30. The second-order valence-corrected chi connectivity index (χ2v) is 6.48. The van der Waals surface area contributed by atoms with E-state index in [-0.39, 0.29) is 6.04 Å². The first-order valence-electron chi connectivity index (χ1n) is 5.78. The number of hydrogen-bond acceptors (Lipinski definition) is 3. The van der Waals surface area contributed by atoms with Crippen LogP contribution in [-0.4, -0.2) is 11.5 Å². The Morgan fingerprint density at radius 1 is 1.33 bits per heavy atom. The Bertz CT molecular complexity index is 496. The molecule has 2 heterocycles. The van der Waals surface area contributed by atoms with E-state index in [0.717, 1.165) is 27.6 Å². The highest BCUT2D eigenvalue weighted by molar-refractivity contribution is 9.10. The van der Waals surface area contributed by atoms with Gasteiger partial charge in [0.1, 0.15) is 0 Å². The predicted molar refractivity (Wildman–Crippen MR) is 84.1 cm³/mol. The lowest BCUT2D eigenvalue weighted by Gasteiger charge is -2.18. The number of hydrogen-bond donors (Lipinski definition) is 1. The van der Waals surface area contributed by atoms with Crippen LogP contribution >= 0.6 is 43.2 Å². The molecule has 0 saturated heterocycles. The van der Waals surface area contributed by atoms with Crippen LogP contribution < -0.4 is 5.32 Å². The number of rotatable bonds is 5. The lowest BCUT2D eigenvalue weighted by molar-refractivity contribution is 0.586. The third-order valence-corrected chi connectivity index (χ3v) is 4.82. The molecule has 1 unspecified atom stereocenters. The van der Waals surface area contributed by atoms with Gasteiger partial charge >= 0.3 is 0 Å². The molecular formula is C13H14Br2N2S. The molecule has 1 N–H and O–H groups in total. The largest absolute Gasteiger partial charge is 0.305 e. The maximum atomic E-state index is 4.50. The number of halogens is 2. The zero-order valence-corrected chi connectivity index (χ0v) is 14.0. The van der Waals surface area contributed by atoms with Crippen molar-refractivity contribution in [2.75, 3.05) is 6.54 Å². The maximum Gasteiger partial charge on any atom is 0.0770 e. The molecule has 0 saturated carbocycles. The van der Waals surface area contributed by atoms with Crippen LogP contribution in [0.1, 0.15) is 30.6 Å². The van der Waals surface area contributed by atoms with Crippen molar-refractivity contribution in [2.45, 2.75) is 19.4 Å². The molecule has 2 aromatic heterocycles. The normalized spacial score (nSPS) is 12.6. The first-order chi connectivity index (χ1) is 8.72.